The first-order chi connectivity index (χ1) is 9.84. The van der Waals surface area contributed by atoms with E-state index in [1.807, 2.05) is 0 Å². The van der Waals surface area contributed by atoms with Crippen LogP contribution >= 0.6 is 15.9 Å². The van der Waals surface area contributed by atoms with Gasteiger partial charge in [0.05, 0.1) is 23.5 Å². The number of hydrogen-bond donors (Lipinski definition) is 2. The third kappa shape index (κ3) is 3.42. The Morgan fingerprint density at radius 2 is 2.19 bits per heavy atom. The van der Waals surface area contributed by atoms with Crippen LogP contribution in [0.4, 0.5) is 20.2 Å². The number of nitrogens with two attached hydrogens (primary N) is 1. The summed E-state index contributed by atoms with van der Waals surface area (Å²) < 4.78 is 27.2. The third-order valence-corrected chi connectivity index (χ3v) is 3.32. The van der Waals surface area contributed by atoms with E-state index < -0.39 is 23.9 Å². The van der Waals surface area contributed by atoms with E-state index in [4.69, 9.17) is 5.73 Å². The van der Waals surface area contributed by atoms with E-state index in [-0.39, 0.29) is 11.4 Å². The van der Waals surface area contributed by atoms with Gasteiger partial charge < -0.3 is 11.1 Å². The van der Waals surface area contributed by atoms with Crippen LogP contribution in [-0.4, -0.2) is 28.9 Å². The normalized spacial score (nSPS) is 11.6. The Hall–Kier alpha value is -1.87. The first-order valence-corrected chi connectivity index (χ1v) is 6.68. The Morgan fingerprint density at radius 1 is 1.48 bits per heavy atom. The van der Waals surface area contributed by atoms with Gasteiger partial charge in [0.2, 0.25) is 0 Å². The van der Waals surface area contributed by atoms with Crippen molar-refractivity contribution >= 4 is 38.2 Å². The highest BCUT2D eigenvalue weighted by Gasteiger charge is 2.28. The van der Waals surface area contributed by atoms with Crippen molar-refractivity contribution in [2.75, 3.05) is 18.4 Å². The average molecular weight is 361 g/mol. The topological polar surface area (TPSA) is 94.1 Å². The lowest BCUT2D eigenvalue weighted by Gasteiger charge is -2.16. The number of benzene rings is 1. The average Bonchev–Trinajstić information content (AvgIpc) is 2.44. The number of hydrogen-bond acceptors (Lipinski definition) is 5. The summed E-state index contributed by atoms with van der Waals surface area (Å²) in [6, 6.07) is 4.92. The Labute approximate surface area is 126 Å². The van der Waals surface area contributed by atoms with Gasteiger partial charge in [0.15, 0.2) is 0 Å². The van der Waals surface area contributed by atoms with E-state index in [1.165, 1.54) is 0 Å². The predicted octanol–water partition coefficient (Wildman–Crippen LogP) is 2.91. The van der Waals surface area contributed by atoms with Gasteiger partial charge in [-0.3, -0.25) is 10.1 Å². The van der Waals surface area contributed by atoms with Crippen LogP contribution in [0.15, 0.2) is 28.9 Å². The van der Waals surface area contributed by atoms with Crippen LogP contribution in [0.1, 0.15) is 0 Å². The zero-order valence-electron chi connectivity index (χ0n) is 10.6. The molecule has 9 heteroatoms. The van der Waals surface area contributed by atoms with E-state index in [0.717, 1.165) is 6.20 Å². The van der Waals surface area contributed by atoms with Gasteiger partial charge in [-0.1, -0.05) is 15.9 Å². The SMILES string of the molecule is NCC(F)(F)CNc1c([N+](=O)[O-])cnc2ccc(Br)cc12. The first kappa shape index (κ1) is 15.5. The molecule has 0 aliphatic rings. The highest BCUT2D eigenvalue weighted by Crippen LogP contribution is 2.33. The molecule has 2 rings (SSSR count). The van der Waals surface area contributed by atoms with Crippen molar-refractivity contribution in [1.29, 1.82) is 0 Å². The number of halogens is 3. The largest absolute Gasteiger partial charge is 0.373 e. The Balaban J connectivity index is 2.53. The number of nitro groups is 1. The molecule has 0 spiro atoms. The van der Waals surface area contributed by atoms with E-state index in [0.29, 0.717) is 15.4 Å². The smallest absolute Gasteiger partial charge is 0.311 e. The molecule has 0 amide bonds. The van der Waals surface area contributed by atoms with Crippen molar-refractivity contribution in [1.82, 2.24) is 4.98 Å². The number of rotatable bonds is 5. The van der Waals surface area contributed by atoms with Gasteiger partial charge in [0, 0.05) is 9.86 Å². The van der Waals surface area contributed by atoms with E-state index in [9.17, 15) is 18.9 Å². The number of anilines is 1. The second-order valence-electron chi connectivity index (χ2n) is 4.35. The molecule has 6 nitrogen and oxygen atoms in total. The quantitative estimate of drug-likeness (QED) is 0.631. The maximum Gasteiger partial charge on any atom is 0.311 e. The van der Waals surface area contributed by atoms with Crippen LogP contribution < -0.4 is 11.1 Å². The molecule has 112 valence electrons. The molecule has 2 aromatic rings. The van der Waals surface area contributed by atoms with Crippen molar-refractivity contribution < 1.29 is 13.7 Å². The molecular formula is C12H11BrF2N4O2. The van der Waals surface area contributed by atoms with Gasteiger partial charge >= 0.3 is 5.69 Å². The molecule has 0 aliphatic heterocycles. The molecule has 0 saturated carbocycles. The van der Waals surface area contributed by atoms with E-state index >= 15 is 0 Å². The summed E-state index contributed by atoms with van der Waals surface area (Å²) >= 11 is 3.24. The molecule has 21 heavy (non-hydrogen) atoms. The molecule has 3 N–H and O–H groups in total. The van der Waals surface area contributed by atoms with Crippen LogP contribution in [0.3, 0.4) is 0 Å². The lowest BCUT2D eigenvalue weighted by molar-refractivity contribution is -0.384. The zero-order valence-corrected chi connectivity index (χ0v) is 12.2. The molecule has 0 saturated heterocycles. The maximum absolute atomic E-state index is 13.3. The van der Waals surface area contributed by atoms with E-state index in [1.54, 1.807) is 18.2 Å². The van der Waals surface area contributed by atoms with Crippen LogP contribution in [0, 0.1) is 10.1 Å². The van der Waals surface area contributed by atoms with Crippen LogP contribution in [0.25, 0.3) is 10.9 Å². The highest BCUT2D eigenvalue weighted by atomic mass is 79.9. The molecule has 0 aliphatic carbocycles. The number of nitrogens with zero attached hydrogens (tertiary/aromatic N) is 2. The fourth-order valence-corrected chi connectivity index (χ4v) is 2.13. The fraction of sp³-hybridized carbons (Fsp3) is 0.250. The molecule has 0 fully saturated rings. The molecule has 1 aromatic heterocycles. The lowest BCUT2D eigenvalue weighted by atomic mass is 10.1. The molecule has 1 heterocycles. The summed E-state index contributed by atoms with van der Waals surface area (Å²) in [5.41, 5.74) is 5.05. The van der Waals surface area contributed by atoms with Crippen LogP contribution in [-0.2, 0) is 0 Å². The molecule has 0 radical (unpaired) electrons. The van der Waals surface area contributed by atoms with Gasteiger partial charge in [-0.25, -0.2) is 13.8 Å². The molecule has 0 bridgehead atoms. The summed E-state index contributed by atoms with van der Waals surface area (Å²) in [4.78, 5) is 14.3. The molecule has 0 atom stereocenters. The van der Waals surface area contributed by atoms with Gasteiger partial charge in [-0.05, 0) is 18.2 Å². The summed E-state index contributed by atoms with van der Waals surface area (Å²) in [6.07, 6.45) is 1.04. The minimum Gasteiger partial charge on any atom is -0.373 e. The summed E-state index contributed by atoms with van der Waals surface area (Å²) in [5, 5.41) is 13.9. The minimum atomic E-state index is -3.16. The summed E-state index contributed by atoms with van der Waals surface area (Å²) in [5.74, 6) is -3.16. The third-order valence-electron chi connectivity index (χ3n) is 2.83. The number of nitrogens with one attached hydrogen (secondary N) is 1. The molecular weight excluding hydrogens is 350 g/mol. The minimum absolute atomic E-state index is 0.000532. The second-order valence-corrected chi connectivity index (χ2v) is 5.27. The zero-order chi connectivity index (χ0) is 15.6. The van der Waals surface area contributed by atoms with Crippen LogP contribution in [0.2, 0.25) is 0 Å². The van der Waals surface area contributed by atoms with E-state index in [2.05, 4.69) is 26.2 Å². The van der Waals surface area contributed by atoms with Gasteiger partial charge in [0.1, 0.15) is 11.9 Å². The Kier molecular flexibility index (Phi) is 4.33. The molecule has 0 unspecified atom stereocenters. The van der Waals surface area contributed by atoms with Crippen molar-refractivity contribution in [2.24, 2.45) is 5.73 Å². The maximum atomic E-state index is 13.3. The van der Waals surface area contributed by atoms with Crippen molar-refractivity contribution in [3.8, 4) is 0 Å². The number of fused-ring (bicyclic) bond motifs is 1. The summed E-state index contributed by atoms with van der Waals surface area (Å²) in [6.45, 7) is -1.64. The predicted molar refractivity (Wildman–Crippen MR) is 78.6 cm³/mol. The summed E-state index contributed by atoms with van der Waals surface area (Å²) in [7, 11) is 0. The fourth-order valence-electron chi connectivity index (χ4n) is 1.77. The Bertz CT molecular complexity index is 696. The second kappa shape index (κ2) is 5.86. The standard InChI is InChI=1S/C12H11BrF2N4O2/c13-7-1-2-9-8(3-7)11(10(4-17-9)19(20)21)18-6-12(14,15)5-16/h1-4H,5-6,16H2,(H,17,18). The molecule has 1 aromatic carbocycles. The first-order valence-electron chi connectivity index (χ1n) is 5.88. The van der Waals surface area contributed by atoms with Gasteiger partial charge in [-0.15, -0.1) is 0 Å². The number of alkyl halides is 2. The van der Waals surface area contributed by atoms with Gasteiger partial charge in [-0.2, -0.15) is 0 Å². The lowest BCUT2D eigenvalue weighted by Crippen LogP contribution is -2.35. The monoisotopic (exact) mass is 360 g/mol. The Morgan fingerprint density at radius 3 is 2.81 bits per heavy atom. The van der Waals surface area contributed by atoms with Gasteiger partial charge in [0.25, 0.3) is 5.92 Å². The van der Waals surface area contributed by atoms with Crippen molar-refractivity contribution in [3.05, 3.63) is 39.0 Å². The number of pyridine rings is 1. The van der Waals surface area contributed by atoms with Crippen LogP contribution in [0.5, 0.6) is 0 Å². The van der Waals surface area contributed by atoms with Crippen molar-refractivity contribution in [3.63, 3.8) is 0 Å². The van der Waals surface area contributed by atoms with Crippen molar-refractivity contribution in [2.45, 2.75) is 5.92 Å². The highest BCUT2D eigenvalue weighted by molar-refractivity contribution is 9.10. The number of aromatic nitrogens is 1.